The molecule has 3 aromatic rings. The van der Waals surface area contributed by atoms with Crippen LogP contribution in [0.2, 0.25) is 0 Å². The smallest absolute Gasteiger partial charge is 0.407 e. The van der Waals surface area contributed by atoms with Crippen LogP contribution in [0, 0.1) is 0 Å². The van der Waals surface area contributed by atoms with Crippen LogP contribution in [0.25, 0.3) is 5.65 Å². The van der Waals surface area contributed by atoms with E-state index in [1.165, 1.54) is 0 Å². The standard InChI is InChI=1S/C20H25N7O4/c1-20(4-5-20)24-19(28)31-13-7-15(30-11-13)14-8-16(26-25-14)23-18-21-6-3-17-22-12(10-29-2)9-27(17)18/h3,6,8-9,13,15H,4-5,7,10-11H2,1-2H3,(H,24,28)(H2,21,23,25,26)/t13-,15-/m1/s1. The van der Waals surface area contributed by atoms with Crippen molar-refractivity contribution in [2.24, 2.45) is 0 Å². The Labute approximate surface area is 178 Å². The van der Waals surface area contributed by atoms with Gasteiger partial charge in [-0.2, -0.15) is 5.10 Å². The lowest BCUT2D eigenvalue weighted by atomic mass is 10.1. The van der Waals surface area contributed by atoms with Gasteiger partial charge in [0.15, 0.2) is 5.82 Å². The van der Waals surface area contributed by atoms with Crippen LogP contribution in [0.4, 0.5) is 16.6 Å². The monoisotopic (exact) mass is 427 g/mol. The van der Waals surface area contributed by atoms with Gasteiger partial charge in [-0.15, -0.1) is 0 Å². The van der Waals surface area contributed by atoms with Gasteiger partial charge < -0.3 is 24.8 Å². The van der Waals surface area contributed by atoms with Crippen molar-refractivity contribution in [2.75, 3.05) is 19.0 Å². The zero-order valence-corrected chi connectivity index (χ0v) is 17.4. The highest BCUT2D eigenvalue weighted by atomic mass is 16.6. The fourth-order valence-corrected chi connectivity index (χ4v) is 3.60. The van der Waals surface area contributed by atoms with Crippen molar-refractivity contribution in [3.05, 3.63) is 35.9 Å². The van der Waals surface area contributed by atoms with E-state index in [2.05, 4.69) is 30.8 Å². The lowest BCUT2D eigenvalue weighted by Gasteiger charge is -2.15. The van der Waals surface area contributed by atoms with E-state index in [-0.39, 0.29) is 23.8 Å². The first kappa shape index (κ1) is 19.8. The third kappa shape index (κ3) is 4.32. The van der Waals surface area contributed by atoms with E-state index in [1.807, 2.05) is 29.7 Å². The Kier molecular flexibility index (Phi) is 4.98. The molecule has 0 aromatic carbocycles. The zero-order valence-electron chi connectivity index (χ0n) is 17.4. The number of alkyl carbamates (subject to hydrolysis) is 1. The predicted molar refractivity (Wildman–Crippen MR) is 110 cm³/mol. The molecule has 1 saturated carbocycles. The topological polar surface area (TPSA) is 128 Å². The van der Waals surface area contributed by atoms with E-state index in [4.69, 9.17) is 14.2 Å². The molecule has 31 heavy (non-hydrogen) atoms. The molecule has 11 heteroatoms. The van der Waals surface area contributed by atoms with Crippen LogP contribution >= 0.6 is 0 Å². The summed E-state index contributed by atoms with van der Waals surface area (Å²) in [6.07, 6.45) is 5.22. The van der Waals surface area contributed by atoms with E-state index < -0.39 is 0 Å². The van der Waals surface area contributed by atoms with E-state index in [0.717, 1.165) is 29.9 Å². The average molecular weight is 427 g/mol. The lowest BCUT2D eigenvalue weighted by Crippen LogP contribution is -2.37. The SMILES string of the molecule is COCc1cn2c(Nc3cc([C@H]4C[C@@H](OC(=O)NC5(C)CC5)CO4)[nH]n3)nccc2n1. The molecule has 11 nitrogen and oxygen atoms in total. The second kappa shape index (κ2) is 7.82. The number of nitrogens with one attached hydrogen (secondary N) is 3. The van der Waals surface area contributed by atoms with Crippen LogP contribution in [-0.2, 0) is 20.8 Å². The van der Waals surface area contributed by atoms with Gasteiger partial charge in [0, 0.05) is 37.5 Å². The third-order valence-corrected chi connectivity index (χ3v) is 5.55. The molecule has 3 aromatic heterocycles. The van der Waals surface area contributed by atoms with Gasteiger partial charge in [0.05, 0.1) is 24.6 Å². The number of aromatic amines is 1. The van der Waals surface area contributed by atoms with E-state index in [1.54, 1.807) is 13.3 Å². The van der Waals surface area contributed by atoms with Crippen molar-refractivity contribution < 1.29 is 19.0 Å². The van der Waals surface area contributed by atoms with Crippen LogP contribution in [-0.4, -0.2) is 56.0 Å². The zero-order chi connectivity index (χ0) is 21.4. The number of hydrogen-bond acceptors (Lipinski definition) is 8. The Morgan fingerprint density at radius 1 is 1.45 bits per heavy atom. The summed E-state index contributed by atoms with van der Waals surface area (Å²) in [7, 11) is 1.63. The van der Waals surface area contributed by atoms with Gasteiger partial charge in [-0.1, -0.05) is 0 Å². The fraction of sp³-hybridized carbons (Fsp3) is 0.500. The summed E-state index contributed by atoms with van der Waals surface area (Å²) in [5.41, 5.74) is 2.28. The summed E-state index contributed by atoms with van der Waals surface area (Å²) >= 11 is 0. The summed E-state index contributed by atoms with van der Waals surface area (Å²) in [5, 5.41) is 13.4. The molecule has 2 atom stereocenters. The molecular weight excluding hydrogens is 402 g/mol. The van der Waals surface area contributed by atoms with E-state index >= 15 is 0 Å². The number of methoxy groups -OCH3 is 1. The fourth-order valence-electron chi connectivity index (χ4n) is 3.60. The van der Waals surface area contributed by atoms with Gasteiger partial charge in [-0.3, -0.25) is 9.50 Å². The number of H-pyrrole nitrogens is 1. The molecule has 2 fully saturated rings. The van der Waals surface area contributed by atoms with Crippen molar-refractivity contribution in [2.45, 2.75) is 50.5 Å². The minimum atomic E-state index is -0.381. The molecule has 1 aliphatic carbocycles. The third-order valence-electron chi connectivity index (χ3n) is 5.55. The number of amides is 1. The Morgan fingerprint density at radius 3 is 3.13 bits per heavy atom. The number of imidazole rings is 1. The first-order valence-electron chi connectivity index (χ1n) is 10.3. The first-order chi connectivity index (χ1) is 15.0. The summed E-state index contributed by atoms with van der Waals surface area (Å²) in [6, 6.07) is 3.69. The maximum Gasteiger partial charge on any atom is 0.407 e. The molecule has 0 radical (unpaired) electrons. The molecule has 164 valence electrons. The molecule has 0 bridgehead atoms. The number of anilines is 2. The number of carbonyl (C=O) groups is 1. The maximum absolute atomic E-state index is 12.0. The first-order valence-corrected chi connectivity index (χ1v) is 10.3. The van der Waals surface area contributed by atoms with Gasteiger partial charge in [-0.05, 0) is 25.8 Å². The average Bonchev–Trinajstić information content (AvgIpc) is 3.16. The predicted octanol–water partition coefficient (Wildman–Crippen LogP) is 2.45. The number of hydrogen-bond donors (Lipinski definition) is 3. The number of aromatic nitrogens is 5. The van der Waals surface area contributed by atoms with Crippen LogP contribution in [0.3, 0.4) is 0 Å². The Hall–Kier alpha value is -3.18. The Balaban J connectivity index is 1.22. The van der Waals surface area contributed by atoms with Crippen molar-refractivity contribution in [1.29, 1.82) is 0 Å². The molecule has 5 rings (SSSR count). The highest BCUT2D eigenvalue weighted by Gasteiger charge is 2.40. The lowest BCUT2D eigenvalue weighted by molar-refractivity contribution is 0.0675. The molecule has 4 heterocycles. The van der Waals surface area contributed by atoms with Gasteiger partial charge >= 0.3 is 6.09 Å². The van der Waals surface area contributed by atoms with Crippen molar-refractivity contribution in [3.63, 3.8) is 0 Å². The van der Waals surface area contributed by atoms with Crippen LogP contribution in [0.15, 0.2) is 24.5 Å². The second-order valence-corrected chi connectivity index (χ2v) is 8.27. The highest BCUT2D eigenvalue weighted by Crippen LogP contribution is 2.35. The molecule has 0 unspecified atom stereocenters. The number of ether oxygens (including phenoxy) is 3. The van der Waals surface area contributed by atoms with Crippen LogP contribution < -0.4 is 10.6 Å². The molecule has 1 amide bonds. The molecule has 1 aliphatic heterocycles. The van der Waals surface area contributed by atoms with Gasteiger partial charge in [0.25, 0.3) is 0 Å². The van der Waals surface area contributed by atoms with Crippen LogP contribution in [0.1, 0.15) is 43.7 Å². The van der Waals surface area contributed by atoms with E-state index in [9.17, 15) is 4.79 Å². The molecule has 3 N–H and O–H groups in total. The largest absolute Gasteiger partial charge is 0.444 e. The number of rotatable bonds is 7. The van der Waals surface area contributed by atoms with Crippen molar-refractivity contribution >= 4 is 23.5 Å². The number of nitrogens with zero attached hydrogens (tertiary/aromatic N) is 4. The van der Waals surface area contributed by atoms with Gasteiger partial charge in [-0.25, -0.2) is 14.8 Å². The van der Waals surface area contributed by atoms with Crippen LogP contribution in [0.5, 0.6) is 0 Å². The minimum Gasteiger partial charge on any atom is -0.444 e. The second-order valence-electron chi connectivity index (χ2n) is 8.27. The summed E-state index contributed by atoms with van der Waals surface area (Å²) in [5.74, 6) is 1.19. The minimum absolute atomic E-state index is 0.101. The van der Waals surface area contributed by atoms with Crippen molar-refractivity contribution in [1.82, 2.24) is 29.9 Å². The van der Waals surface area contributed by atoms with Crippen molar-refractivity contribution in [3.8, 4) is 0 Å². The quantitative estimate of drug-likeness (QED) is 0.525. The summed E-state index contributed by atoms with van der Waals surface area (Å²) in [4.78, 5) is 20.9. The molecule has 0 spiro atoms. The van der Waals surface area contributed by atoms with Gasteiger partial charge in [0.1, 0.15) is 17.9 Å². The molecule has 2 aliphatic rings. The maximum atomic E-state index is 12.0. The Morgan fingerprint density at radius 2 is 2.32 bits per heavy atom. The van der Waals surface area contributed by atoms with E-state index in [0.29, 0.717) is 31.4 Å². The molecular formula is C20H25N7O4. The Bertz CT molecular complexity index is 1090. The number of carbonyl (C=O) groups excluding carboxylic acids is 1. The highest BCUT2D eigenvalue weighted by molar-refractivity contribution is 5.69. The summed E-state index contributed by atoms with van der Waals surface area (Å²) < 4.78 is 18.3. The van der Waals surface area contributed by atoms with Gasteiger partial charge in [0.2, 0.25) is 5.95 Å². The molecule has 1 saturated heterocycles. The normalized spacial score (nSPS) is 21.9. The number of fused-ring (bicyclic) bond motifs is 1. The summed E-state index contributed by atoms with van der Waals surface area (Å²) in [6.45, 7) is 2.79.